The van der Waals surface area contributed by atoms with Crippen molar-refractivity contribution in [2.75, 3.05) is 6.54 Å². The van der Waals surface area contributed by atoms with Gasteiger partial charge >= 0.3 is 0 Å². The number of aromatic nitrogens is 2. The molecule has 0 aromatic carbocycles. The minimum Gasteiger partial charge on any atom is -0.350 e. The van der Waals surface area contributed by atoms with Crippen molar-refractivity contribution in [3.05, 3.63) is 22.7 Å². The predicted octanol–water partition coefficient (Wildman–Crippen LogP) is 2.85. The maximum Gasteiger partial charge on any atom is 0.270 e. The zero-order valence-electron chi connectivity index (χ0n) is 11.5. The lowest BCUT2D eigenvalue weighted by molar-refractivity contribution is 0.0919. The number of carbonyl (C=O) groups excluding carboxylic acids is 1. The molecular formula is C13H20ClN3O. The first-order valence-corrected chi connectivity index (χ1v) is 6.39. The number of amides is 1. The molecule has 0 aliphatic carbocycles. The third-order valence-corrected chi connectivity index (χ3v) is 3.50. The van der Waals surface area contributed by atoms with E-state index in [-0.39, 0.29) is 16.6 Å². The molecule has 0 unspecified atom stereocenters. The highest BCUT2D eigenvalue weighted by Crippen LogP contribution is 2.24. The Morgan fingerprint density at radius 2 is 2.06 bits per heavy atom. The van der Waals surface area contributed by atoms with Crippen LogP contribution in [-0.2, 0) is 0 Å². The Morgan fingerprint density at radius 3 is 2.56 bits per heavy atom. The molecule has 0 spiro atoms. The van der Waals surface area contributed by atoms with Crippen molar-refractivity contribution in [1.29, 1.82) is 0 Å². The van der Waals surface area contributed by atoms with E-state index < -0.39 is 0 Å². The van der Waals surface area contributed by atoms with E-state index in [1.807, 2.05) is 0 Å². The first-order valence-electron chi connectivity index (χ1n) is 6.02. The Labute approximate surface area is 113 Å². The van der Waals surface area contributed by atoms with Gasteiger partial charge in [0.25, 0.3) is 5.91 Å². The fourth-order valence-electron chi connectivity index (χ4n) is 1.25. The van der Waals surface area contributed by atoms with Gasteiger partial charge in [0.1, 0.15) is 5.69 Å². The second kappa shape index (κ2) is 5.65. The van der Waals surface area contributed by atoms with Crippen LogP contribution in [0.5, 0.6) is 0 Å². The molecule has 1 heterocycles. The van der Waals surface area contributed by atoms with Crippen LogP contribution in [0.2, 0.25) is 5.28 Å². The van der Waals surface area contributed by atoms with E-state index in [2.05, 4.69) is 43.0 Å². The summed E-state index contributed by atoms with van der Waals surface area (Å²) in [5.74, 6) is 0.268. The van der Waals surface area contributed by atoms with Crippen molar-refractivity contribution in [1.82, 2.24) is 15.3 Å². The molecule has 0 aliphatic rings. The van der Waals surface area contributed by atoms with Gasteiger partial charge in [-0.05, 0) is 35.9 Å². The van der Waals surface area contributed by atoms with Crippen LogP contribution >= 0.6 is 11.6 Å². The standard InChI is InChI=1S/C13H20ClN3O/c1-8(2)13(4,5)7-15-11(18)10-6-9(3)16-12(14)17-10/h6,8H,7H2,1-5H3,(H,15,18). The highest BCUT2D eigenvalue weighted by atomic mass is 35.5. The lowest BCUT2D eigenvalue weighted by Gasteiger charge is -2.29. The van der Waals surface area contributed by atoms with Gasteiger partial charge in [0.2, 0.25) is 5.28 Å². The van der Waals surface area contributed by atoms with Gasteiger partial charge in [0, 0.05) is 12.2 Å². The van der Waals surface area contributed by atoms with Crippen molar-refractivity contribution in [2.24, 2.45) is 11.3 Å². The van der Waals surface area contributed by atoms with E-state index in [4.69, 9.17) is 11.6 Å². The molecule has 0 bridgehead atoms. The average Bonchev–Trinajstić information content (AvgIpc) is 2.24. The van der Waals surface area contributed by atoms with Gasteiger partial charge in [-0.1, -0.05) is 27.7 Å². The van der Waals surface area contributed by atoms with Crippen LogP contribution in [-0.4, -0.2) is 22.4 Å². The Morgan fingerprint density at radius 1 is 1.44 bits per heavy atom. The molecule has 100 valence electrons. The average molecular weight is 270 g/mol. The Hall–Kier alpha value is -1.16. The quantitative estimate of drug-likeness (QED) is 0.855. The van der Waals surface area contributed by atoms with Crippen LogP contribution in [0.1, 0.15) is 43.9 Å². The molecule has 18 heavy (non-hydrogen) atoms. The summed E-state index contributed by atoms with van der Waals surface area (Å²) in [4.78, 5) is 19.8. The molecule has 0 fully saturated rings. The Kier molecular flexibility index (Phi) is 4.68. The van der Waals surface area contributed by atoms with Crippen molar-refractivity contribution < 1.29 is 4.79 Å². The molecule has 4 nitrogen and oxygen atoms in total. The van der Waals surface area contributed by atoms with Crippen molar-refractivity contribution in [2.45, 2.75) is 34.6 Å². The molecule has 5 heteroatoms. The Bertz CT molecular complexity index is 424. The molecule has 0 saturated heterocycles. The van der Waals surface area contributed by atoms with Crippen LogP contribution in [0.4, 0.5) is 0 Å². The number of halogens is 1. The number of aryl methyl sites for hydroxylation is 1. The molecule has 0 aliphatic heterocycles. The largest absolute Gasteiger partial charge is 0.350 e. The normalized spacial score (nSPS) is 11.7. The lowest BCUT2D eigenvalue weighted by Crippen LogP contribution is -2.37. The van der Waals surface area contributed by atoms with E-state index >= 15 is 0 Å². The van der Waals surface area contributed by atoms with E-state index in [9.17, 15) is 4.79 Å². The van der Waals surface area contributed by atoms with Crippen molar-refractivity contribution in [3.63, 3.8) is 0 Å². The number of rotatable bonds is 4. The topological polar surface area (TPSA) is 54.9 Å². The van der Waals surface area contributed by atoms with Crippen LogP contribution in [0.25, 0.3) is 0 Å². The second-order valence-corrected chi connectivity index (χ2v) is 5.83. The molecule has 0 radical (unpaired) electrons. The fourth-order valence-corrected chi connectivity index (χ4v) is 1.48. The number of hydrogen-bond donors (Lipinski definition) is 1. The maximum atomic E-state index is 12.0. The number of carbonyl (C=O) groups is 1. The minimum atomic E-state index is -0.212. The minimum absolute atomic E-state index is 0.0432. The molecular weight excluding hydrogens is 250 g/mol. The zero-order valence-corrected chi connectivity index (χ0v) is 12.3. The summed E-state index contributed by atoms with van der Waals surface area (Å²) in [6.45, 7) is 10.9. The van der Waals surface area contributed by atoms with Gasteiger partial charge in [-0.15, -0.1) is 0 Å². The van der Waals surface area contributed by atoms with Crippen LogP contribution < -0.4 is 5.32 Å². The van der Waals surface area contributed by atoms with Crippen molar-refractivity contribution >= 4 is 17.5 Å². The van der Waals surface area contributed by atoms with Crippen LogP contribution in [0, 0.1) is 18.3 Å². The first kappa shape index (κ1) is 14.9. The third kappa shape index (κ3) is 3.95. The smallest absolute Gasteiger partial charge is 0.270 e. The summed E-state index contributed by atoms with van der Waals surface area (Å²) in [6, 6.07) is 1.63. The van der Waals surface area contributed by atoms with Crippen LogP contribution in [0.15, 0.2) is 6.07 Å². The zero-order chi connectivity index (χ0) is 13.9. The predicted molar refractivity (Wildman–Crippen MR) is 72.7 cm³/mol. The fraction of sp³-hybridized carbons (Fsp3) is 0.615. The maximum absolute atomic E-state index is 12.0. The van der Waals surface area contributed by atoms with Gasteiger partial charge in [-0.25, -0.2) is 9.97 Å². The first-order chi connectivity index (χ1) is 8.22. The molecule has 1 N–H and O–H groups in total. The van der Waals surface area contributed by atoms with E-state index in [1.54, 1.807) is 13.0 Å². The molecule has 1 rings (SSSR count). The molecule has 1 aromatic rings. The number of hydrogen-bond acceptors (Lipinski definition) is 3. The highest BCUT2D eigenvalue weighted by Gasteiger charge is 2.23. The van der Waals surface area contributed by atoms with Gasteiger partial charge in [0.05, 0.1) is 0 Å². The summed E-state index contributed by atoms with van der Waals surface area (Å²) in [5.41, 5.74) is 1.04. The van der Waals surface area contributed by atoms with Crippen molar-refractivity contribution in [3.8, 4) is 0 Å². The highest BCUT2D eigenvalue weighted by molar-refractivity contribution is 6.28. The second-order valence-electron chi connectivity index (χ2n) is 5.49. The van der Waals surface area contributed by atoms with Gasteiger partial charge in [0.15, 0.2) is 0 Å². The van der Waals surface area contributed by atoms with Gasteiger partial charge < -0.3 is 5.32 Å². The number of nitrogens with zero attached hydrogens (tertiary/aromatic N) is 2. The van der Waals surface area contributed by atoms with Gasteiger partial charge in [-0.3, -0.25) is 4.79 Å². The summed E-state index contributed by atoms with van der Waals surface area (Å²) in [6.07, 6.45) is 0. The summed E-state index contributed by atoms with van der Waals surface area (Å²) in [5, 5.41) is 2.99. The SMILES string of the molecule is Cc1cc(C(=O)NCC(C)(C)C(C)C)nc(Cl)n1. The molecule has 0 atom stereocenters. The number of nitrogens with one attached hydrogen (secondary N) is 1. The molecule has 0 saturated carbocycles. The summed E-state index contributed by atoms with van der Waals surface area (Å²) in [7, 11) is 0. The summed E-state index contributed by atoms with van der Waals surface area (Å²) >= 11 is 5.73. The molecule has 1 amide bonds. The van der Waals surface area contributed by atoms with E-state index in [1.165, 1.54) is 0 Å². The van der Waals surface area contributed by atoms with Gasteiger partial charge in [-0.2, -0.15) is 0 Å². The third-order valence-electron chi connectivity index (χ3n) is 3.33. The van der Waals surface area contributed by atoms with Crippen LogP contribution in [0.3, 0.4) is 0 Å². The van der Waals surface area contributed by atoms with E-state index in [0.717, 1.165) is 0 Å². The Balaban J connectivity index is 2.72. The summed E-state index contributed by atoms with van der Waals surface area (Å²) < 4.78 is 0. The lowest BCUT2D eigenvalue weighted by atomic mass is 9.81. The molecule has 1 aromatic heterocycles. The monoisotopic (exact) mass is 269 g/mol. The van der Waals surface area contributed by atoms with E-state index in [0.29, 0.717) is 23.9 Å².